The van der Waals surface area contributed by atoms with Crippen LogP contribution in [0.15, 0.2) is 53.3 Å². The number of fused-ring (bicyclic) bond motifs is 1. The molecule has 3 heterocycles. The van der Waals surface area contributed by atoms with E-state index in [1.54, 1.807) is 13.3 Å². The molecule has 0 spiro atoms. The summed E-state index contributed by atoms with van der Waals surface area (Å²) in [7, 11) is 1.33. The van der Waals surface area contributed by atoms with E-state index in [2.05, 4.69) is 115 Å². The summed E-state index contributed by atoms with van der Waals surface area (Å²) >= 11 is 3.65. The first kappa shape index (κ1) is 30.7. The van der Waals surface area contributed by atoms with E-state index in [0.717, 1.165) is 46.4 Å². The van der Waals surface area contributed by atoms with Gasteiger partial charge in [0, 0.05) is 28.0 Å². The number of hydrogen-bond donors (Lipinski definition) is 3. The van der Waals surface area contributed by atoms with Crippen LogP contribution in [0.3, 0.4) is 0 Å². The summed E-state index contributed by atoms with van der Waals surface area (Å²) in [6.45, 7) is 15.9. The maximum absolute atomic E-state index is 5.92. The minimum Gasteiger partial charge on any atom is -0.495 e. The smallest absolute Gasteiger partial charge is 0.229 e. The van der Waals surface area contributed by atoms with E-state index < -0.39 is 7.92 Å². The first-order valence-corrected chi connectivity index (χ1v) is 17.5. The Hall–Kier alpha value is -2.80. The summed E-state index contributed by atoms with van der Waals surface area (Å²) < 4.78 is 6.69. The van der Waals surface area contributed by atoms with Gasteiger partial charge in [-0.2, -0.15) is 4.98 Å². The van der Waals surface area contributed by atoms with Crippen molar-refractivity contribution in [1.82, 2.24) is 20.3 Å². The molecule has 1 aliphatic rings. The molecule has 1 fully saturated rings. The summed E-state index contributed by atoms with van der Waals surface area (Å²) in [5.41, 5.74) is 5.63. The van der Waals surface area contributed by atoms with Crippen molar-refractivity contribution in [3.8, 4) is 5.75 Å². The Kier molecular flexibility index (Phi) is 8.80. The second kappa shape index (κ2) is 12.1. The van der Waals surface area contributed by atoms with Gasteiger partial charge in [-0.3, -0.25) is 4.98 Å². The van der Waals surface area contributed by atoms with Gasteiger partial charge in [-0.1, -0.05) is 33.0 Å². The quantitative estimate of drug-likeness (QED) is 0.166. The third-order valence-electron chi connectivity index (χ3n) is 7.91. The number of methoxy groups -OCH3 is 1. The van der Waals surface area contributed by atoms with Crippen molar-refractivity contribution in [3.63, 3.8) is 0 Å². The molecule has 0 atom stereocenters. The fourth-order valence-corrected chi connectivity index (χ4v) is 8.15. The molecule has 2 aromatic heterocycles. The molecular formula is C33H42BrN6OP. The molecule has 9 heteroatoms. The molecule has 3 N–H and O–H groups in total. The first-order chi connectivity index (χ1) is 19.9. The van der Waals surface area contributed by atoms with Crippen molar-refractivity contribution >= 4 is 63.2 Å². The number of piperidine rings is 1. The molecule has 2 aromatic carbocycles. The van der Waals surface area contributed by atoms with Crippen LogP contribution >= 0.6 is 23.9 Å². The molecule has 4 aromatic rings. The topological polar surface area (TPSA) is 84.0 Å². The Labute approximate surface area is 259 Å². The summed E-state index contributed by atoms with van der Waals surface area (Å²) in [4.78, 5) is 14.1. The van der Waals surface area contributed by atoms with Gasteiger partial charge >= 0.3 is 0 Å². The molecule has 7 nitrogen and oxygen atoms in total. The highest BCUT2D eigenvalue weighted by molar-refractivity contribution is 9.10. The molecule has 5 rings (SSSR count). The summed E-state index contributed by atoms with van der Waals surface area (Å²) in [5.74, 6) is 2.40. The van der Waals surface area contributed by atoms with Crippen LogP contribution in [0.2, 0.25) is 0 Å². The molecule has 1 aliphatic heterocycles. The lowest BCUT2D eigenvalue weighted by molar-refractivity contribution is 0.161. The van der Waals surface area contributed by atoms with E-state index in [1.165, 1.54) is 21.8 Å². The second-order valence-electron chi connectivity index (χ2n) is 12.7. The number of nitrogens with zero attached hydrogens (tertiary/aromatic N) is 3. The van der Waals surface area contributed by atoms with Crippen LogP contribution in [-0.4, -0.2) is 46.5 Å². The van der Waals surface area contributed by atoms with Crippen LogP contribution in [0.1, 0.15) is 64.5 Å². The van der Waals surface area contributed by atoms with E-state index in [1.807, 2.05) is 12.3 Å². The number of ether oxygens (including phenoxy) is 1. The van der Waals surface area contributed by atoms with E-state index in [4.69, 9.17) is 14.7 Å². The maximum atomic E-state index is 5.92. The fraction of sp³-hybridized carbons (Fsp3) is 0.424. The number of aromatic nitrogens is 3. The zero-order chi connectivity index (χ0) is 30.2. The number of halogens is 1. The largest absolute Gasteiger partial charge is 0.495 e. The van der Waals surface area contributed by atoms with Gasteiger partial charge < -0.3 is 20.7 Å². The number of anilines is 4. The second-order valence-corrected chi connectivity index (χ2v) is 15.8. The molecule has 0 amide bonds. The molecule has 0 unspecified atom stereocenters. The Balaban J connectivity index is 1.47. The van der Waals surface area contributed by atoms with Gasteiger partial charge in [0.05, 0.1) is 34.7 Å². The fourth-order valence-electron chi connectivity index (χ4n) is 6.60. The molecule has 0 bridgehead atoms. The lowest BCUT2D eigenvalue weighted by atomic mass is 9.72. The van der Waals surface area contributed by atoms with Crippen molar-refractivity contribution in [2.75, 3.05) is 31.1 Å². The molecule has 0 saturated carbocycles. The van der Waals surface area contributed by atoms with Gasteiger partial charge in [0.25, 0.3) is 0 Å². The number of hydrogen-bond acceptors (Lipinski definition) is 7. The monoisotopic (exact) mass is 648 g/mol. The van der Waals surface area contributed by atoms with Crippen molar-refractivity contribution in [1.29, 1.82) is 0 Å². The van der Waals surface area contributed by atoms with Crippen molar-refractivity contribution in [2.24, 2.45) is 0 Å². The van der Waals surface area contributed by atoms with E-state index >= 15 is 0 Å². The Morgan fingerprint density at radius 3 is 2.38 bits per heavy atom. The molecule has 222 valence electrons. The van der Waals surface area contributed by atoms with Gasteiger partial charge in [0.15, 0.2) is 0 Å². The SMILES string of the molecule is CCc1cc(Nc2ncc(Br)c(Nc3cnc4ccccc4c3P(C)C)n2)c(OC)cc1C1CC(C)(C)NC(C)(C)C1. The third kappa shape index (κ3) is 6.56. The highest BCUT2D eigenvalue weighted by Crippen LogP contribution is 2.43. The summed E-state index contributed by atoms with van der Waals surface area (Å²) in [6, 6.07) is 12.7. The van der Waals surface area contributed by atoms with Crippen molar-refractivity contribution in [2.45, 2.75) is 70.9 Å². The van der Waals surface area contributed by atoms with Crippen LogP contribution in [-0.2, 0) is 6.42 Å². The lowest BCUT2D eigenvalue weighted by Gasteiger charge is -2.47. The Morgan fingerprint density at radius 2 is 1.71 bits per heavy atom. The van der Waals surface area contributed by atoms with Crippen LogP contribution < -0.4 is 26.0 Å². The van der Waals surface area contributed by atoms with Crippen LogP contribution in [0.4, 0.5) is 23.1 Å². The molecule has 42 heavy (non-hydrogen) atoms. The third-order valence-corrected chi connectivity index (χ3v) is 9.87. The molecule has 0 radical (unpaired) electrons. The highest BCUT2D eigenvalue weighted by atomic mass is 79.9. The average Bonchev–Trinajstić information content (AvgIpc) is 2.92. The van der Waals surface area contributed by atoms with E-state index in [9.17, 15) is 0 Å². The predicted octanol–water partition coefficient (Wildman–Crippen LogP) is 8.24. The minimum atomic E-state index is -0.400. The number of pyridine rings is 1. The van der Waals surface area contributed by atoms with E-state index in [0.29, 0.717) is 17.7 Å². The van der Waals surface area contributed by atoms with Crippen molar-refractivity contribution < 1.29 is 4.74 Å². The standard InChI is InChI=1S/C33H42BrN6OP/c1-9-20-14-26(28(41-6)15-23(20)21-16-32(2,3)40-33(4,5)17-21)38-31-36-18-24(34)30(39-31)37-27-19-35-25-13-11-10-12-22(25)29(27)42(7)8/h10-15,18-19,21,40H,9,16-17H2,1-8H3,(H2,36,37,38,39). The highest BCUT2D eigenvalue weighted by Gasteiger charge is 2.39. The van der Waals surface area contributed by atoms with Gasteiger partial charge in [0.1, 0.15) is 11.6 Å². The molecule has 1 saturated heterocycles. The number of rotatable bonds is 8. The zero-order valence-corrected chi connectivity index (χ0v) is 28.4. The van der Waals surface area contributed by atoms with Gasteiger partial charge in [0.2, 0.25) is 5.95 Å². The van der Waals surface area contributed by atoms with Crippen LogP contribution in [0, 0.1) is 0 Å². The Bertz CT molecular complexity index is 1590. The minimum absolute atomic E-state index is 0.0629. The van der Waals surface area contributed by atoms with Gasteiger partial charge in [-0.15, -0.1) is 0 Å². The zero-order valence-electron chi connectivity index (χ0n) is 25.9. The molecule has 0 aliphatic carbocycles. The number of para-hydroxylation sites is 1. The van der Waals surface area contributed by atoms with E-state index in [-0.39, 0.29) is 11.1 Å². The van der Waals surface area contributed by atoms with Gasteiger partial charge in [-0.05, 0) is 111 Å². The maximum Gasteiger partial charge on any atom is 0.229 e. The Morgan fingerprint density at radius 1 is 1.00 bits per heavy atom. The van der Waals surface area contributed by atoms with Crippen molar-refractivity contribution in [3.05, 3.63) is 64.4 Å². The summed E-state index contributed by atoms with van der Waals surface area (Å²) in [6.07, 6.45) is 6.76. The lowest BCUT2D eigenvalue weighted by Crippen LogP contribution is -2.57. The predicted molar refractivity (Wildman–Crippen MR) is 182 cm³/mol. The number of nitrogens with one attached hydrogen (secondary N) is 3. The number of benzene rings is 2. The van der Waals surface area contributed by atoms with Crippen LogP contribution in [0.5, 0.6) is 5.75 Å². The average molecular weight is 650 g/mol. The normalized spacial score (nSPS) is 16.5. The van der Waals surface area contributed by atoms with Crippen LogP contribution in [0.25, 0.3) is 10.9 Å². The van der Waals surface area contributed by atoms with Gasteiger partial charge in [-0.25, -0.2) is 4.98 Å². The molecular weight excluding hydrogens is 607 g/mol. The summed E-state index contributed by atoms with van der Waals surface area (Å²) in [5, 5.41) is 13.2. The first-order valence-electron chi connectivity index (χ1n) is 14.5. The number of aryl methyl sites for hydroxylation is 1.